The van der Waals surface area contributed by atoms with Gasteiger partial charge in [-0.2, -0.15) is 4.98 Å². The third-order valence-electron chi connectivity index (χ3n) is 8.31. The maximum atomic E-state index is 5.68. The van der Waals surface area contributed by atoms with Crippen molar-refractivity contribution in [1.82, 2.24) is 10.1 Å². The Morgan fingerprint density at radius 1 is 0.719 bits per heavy atom. The molecular weight excluding hydrogens is 392 g/mol. The van der Waals surface area contributed by atoms with E-state index in [0.717, 1.165) is 29.1 Å². The SMILES string of the molecule is CCCCCC1CCC(c2ccc(-c3nc(C4CCC(CCCC)CC4)no3)cc2)CC1. The predicted molar refractivity (Wildman–Crippen MR) is 133 cm³/mol. The van der Waals surface area contributed by atoms with Gasteiger partial charge in [0.2, 0.25) is 0 Å². The first-order valence-electron chi connectivity index (χ1n) is 13.7. The van der Waals surface area contributed by atoms with E-state index in [1.54, 1.807) is 0 Å². The molecule has 1 heterocycles. The standard InChI is InChI=1S/C29H44N2O/c1-3-5-7-9-23-10-14-24(15-11-23)25-18-20-27(21-19-25)29-30-28(31-32-29)26-16-12-22(13-17-26)8-6-4-2/h18-24,26H,3-17H2,1-2H3. The van der Waals surface area contributed by atoms with Crippen molar-refractivity contribution in [3.8, 4) is 11.5 Å². The number of rotatable bonds is 10. The molecule has 2 aliphatic rings. The Bertz CT molecular complexity index is 780. The lowest BCUT2D eigenvalue weighted by molar-refractivity contribution is 0.293. The highest BCUT2D eigenvalue weighted by molar-refractivity contribution is 5.53. The second-order valence-electron chi connectivity index (χ2n) is 10.7. The van der Waals surface area contributed by atoms with E-state index in [9.17, 15) is 0 Å². The smallest absolute Gasteiger partial charge is 0.257 e. The van der Waals surface area contributed by atoms with Crippen LogP contribution in [0.15, 0.2) is 28.8 Å². The zero-order valence-electron chi connectivity index (χ0n) is 20.5. The molecule has 4 rings (SSSR count). The molecular formula is C29H44N2O. The first-order valence-corrected chi connectivity index (χ1v) is 13.7. The topological polar surface area (TPSA) is 38.9 Å². The van der Waals surface area contributed by atoms with Crippen molar-refractivity contribution in [2.75, 3.05) is 0 Å². The fourth-order valence-electron chi connectivity index (χ4n) is 6.09. The van der Waals surface area contributed by atoms with Gasteiger partial charge in [0.25, 0.3) is 5.89 Å². The number of hydrogen-bond donors (Lipinski definition) is 0. The zero-order valence-corrected chi connectivity index (χ0v) is 20.5. The van der Waals surface area contributed by atoms with Crippen LogP contribution in [0.2, 0.25) is 0 Å². The van der Waals surface area contributed by atoms with E-state index in [1.807, 2.05) is 0 Å². The van der Waals surface area contributed by atoms with Gasteiger partial charge >= 0.3 is 0 Å². The van der Waals surface area contributed by atoms with Crippen molar-refractivity contribution in [1.29, 1.82) is 0 Å². The van der Waals surface area contributed by atoms with Gasteiger partial charge < -0.3 is 4.52 Å². The molecule has 3 nitrogen and oxygen atoms in total. The van der Waals surface area contributed by atoms with Gasteiger partial charge in [-0.05, 0) is 86.8 Å². The normalized spacial score (nSPS) is 26.3. The highest BCUT2D eigenvalue weighted by Gasteiger charge is 2.26. The quantitative estimate of drug-likeness (QED) is 0.349. The maximum Gasteiger partial charge on any atom is 0.257 e. The van der Waals surface area contributed by atoms with Crippen LogP contribution < -0.4 is 0 Å². The van der Waals surface area contributed by atoms with Crippen LogP contribution in [-0.2, 0) is 0 Å². The highest BCUT2D eigenvalue weighted by Crippen LogP contribution is 2.39. The van der Waals surface area contributed by atoms with E-state index >= 15 is 0 Å². The Morgan fingerprint density at radius 3 is 1.94 bits per heavy atom. The third kappa shape index (κ3) is 6.23. The molecule has 0 saturated heterocycles. The molecule has 0 spiro atoms. The average molecular weight is 437 g/mol. The molecule has 1 aromatic carbocycles. The van der Waals surface area contributed by atoms with Gasteiger partial charge in [-0.25, -0.2) is 0 Å². The second kappa shape index (κ2) is 12.0. The Balaban J connectivity index is 1.27. The summed E-state index contributed by atoms with van der Waals surface area (Å²) in [4.78, 5) is 4.80. The van der Waals surface area contributed by atoms with E-state index in [0.29, 0.717) is 11.8 Å². The molecule has 3 heteroatoms. The monoisotopic (exact) mass is 436 g/mol. The van der Waals surface area contributed by atoms with Crippen molar-refractivity contribution in [2.45, 2.75) is 122 Å². The second-order valence-corrected chi connectivity index (χ2v) is 10.7. The number of unbranched alkanes of at least 4 members (excludes halogenated alkanes) is 3. The molecule has 2 fully saturated rings. The van der Waals surface area contributed by atoms with E-state index in [4.69, 9.17) is 9.51 Å². The molecule has 0 unspecified atom stereocenters. The van der Waals surface area contributed by atoms with E-state index in [1.165, 1.54) is 102 Å². The van der Waals surface area contributed by atoms with Crippen LogP contribution in [0, 0.1) is 11.8 Å². The van der Waals surface area contributed by atoms with Crippen LogP contribution in [0.4, 0.5) is 0 Å². The van der Waals surface area contributed by atoms with Crippen LogP contribution in [0.1, 0.15) is 133 Å². The van der Waals surface area contributed by atoms with E-state index < -0.39 is 0 Å². The van der Waals surface area contributed by atoms with Crippen molar-refractivity contribution in [2.24, 2.45) is 11.8 Å². The maximum absolute atomic E-state index is 5.68. The van der Waals surface area contributed by atoms with Crippen LogP contribution in [0.25, 0.3) is 11.5 Å². The Labute approximate surface area is 195 Å². The van der Waals surface area contributed by atoms with Crippen LogP contribution >= 0.6 is 0 Å². The molecule has 0 N–H and O–H groups in total. The van der Waals surface area contributed by atoms with Crippen molar-refractivity contribution < 1.29 is 4.52 Å². The van der Waals surface area contributed by atoms with Gasteiger partial charge in [0.15, 0.2) is 5.82 Å². The summed E-state index contributed by atoms with van der Waals surface area (Å²) in [5, 5.41) is 4.37. The van der Waals surface area contributed by atoms with Gasteiger partial charge in [0.1, 0.15) is 0 Å². The number of aromatic nitrogens is 2. The fraction of sp³-hybridized carbons (Fsp3) is 0.724. The summed E-state index contributed by atoms with van der Waals surface area (Å²) in [6, 6.07) is 9.00. The first-order chi connectivity index (χ1) is 15.8. The van der Waals surface area contributed by atoms with Crippen molar-refractivity contribution in [3.63, 3.8) is 0 Å². The summed E-state index contributed by atoms with van der Waals surface area (Å²) in [5.41, 5.74) is 2.56. The molecule has 0 bridgehead atoms. The fourth-order valence-corrected chi connectivity index (χ4v) is 6.09. The van der Waals surface area contributed by atoms with Crippen LogP contribution in [0.5, 0.6) is 0 Å². The zero-order chi connectivity index (χ0) is 22.2. The van der Waals surface area contributed by atoms with Gasteiger partial charge in [0.05, 0.1) is 0 Å². The Morgan fingerprint density at radius 2 is 1.31 bits per heavy atom. The van der Waals surface area contributed by atoms with Gasteiger partial charge in [-0.3, -0.25) is 0 Å². The minimum atomic E-state index is 0.483. The highest BCUT2D eigenvalue weighted by atomic mass is 16.5. The summed E-state index contributed by atoms with van der Waals surface area (Å²) in [5.74, 6) is 4.72. The number of nitrogens with zero attached hydrogens (tertiary/aromatic N) is 2. The minimum absolute atomic E-state index is 0.483. The summed E-state index contributed by atoms with van der Waals surface area (Å²) in [6.45, 7) is 4.59. The third-order valence-corrected chi connectivity index (χ3v) is 8.31. The lowest BCUT2D eigenvalue weighted by Gasteiger charge is -2.29. The van der Waals surface area contributed by atoms with Crippen LogP contribution in [-0.4, -0.2) is 10.1 Å². The van der Waals surface area contributed by atoms with E-state index in [2.05, 4.69) is 43.3 Å². The lowest BCUT2D eigenvalue weighted by atomic mass is 9.77. The summed E-state index contributed by atoms with van der Waals surface area (Å²) >= 11 is 0. The summed E-state index contributed by atoms with van der Waals surface area (Å²) in [6.07, 6.45) is 20.3. The van der Waals surface area contributed by atoms with E-state index in [-0.39, 0.29) is 0 Å². The molecule has 2 aromatic rings. The van der Waals surface area contributed by atoms with Gasteiger partial charge in [-0.15, -0.1) is 0 Å². The molecule has 1 aromatic heterocycles. The largest absolute Gasteiger partial charge is 0.334 e. The predicted octanol–water partition coefficient (Wildman–Crippen LogP) is 9.05. The molecule has 176 valence electrons. The van der Waals surface area contributed by atoms with Crippen molar-refractivity contribution >= 4 is 0 Å². The molecule has 0 aliphatic heterocycles. The molecule has 0 radical (unpaired) electrons. The molecule has 32 heavy (non-hydrogen) atoms. The van der Waals surface area contributed by atoms with Gasteiger partial charge in [-0.1, -0.05) is 76.1 Å². The number of hydrogen-bond acceptors (Lipinski definition) is 3. The molecule has 0 amide bonds. The van der Waals surface area contributed by atoms with Crippen molar-refractivity contribution in [3.05, 3.63) is 35.7 Å². The molecule has 0 atom stereocenters. The number of benzene rings is 1. The Hall–Kier alpha value is -1.64. The Kier molecular flexibility index (Phi) is 8.82. The summed E-state index contributed by atoms with van der Waals surface area (Å²) in [7, 11) is 0. The summed E-state index contributed by atoms with van der Waals surface area (Å²) < 4.78 is 5.68. The van der Waals surface area contributed by atoms with Crippen LogP contribution in [0.3, 0.4) is 0 Å². The first kappa shape index (κ1) is 23.5. The van der Waals surface area contributed by atoms with Gasteiger partial charge in [0, 0.05) is 11.5 Å². The average Bonchev–Trinajstić information content (AvgIpc) is 3.34. The molecule has 2 aliphatic carbocycles. The minimum Gasteiger partial charge on any atom is -0.334 e. The molecule has 2 saturated carbocycles. The lowest BCUT2D eigenvalue weighted by Crippen LogP contribution is -2.14.